The molecule has 1 rings (SSSR count). The number of nitrogens with two attached hydrogens (primary N) is 1. The second-order valence-corrected chi connectivity index (χ2v) is 4.69. The Morgan fingerprint density at radius 2 is 1.94 bits per heavy atom. The number of ether oxygens (including phenoxy) is 1. The molecule has 0 amide bonds. The van der Waals surface area contributed by atoms with E-state index in [1.54, 1.807) is 7.11 Å². The first-order valence-corrected chi connectivity index (χ1v) is 5.59. The average Bonchev–Trinajstić information content (AvgIpc) is 2.27. The first kappa shape index (κ1) is 12.7. The summed E-state index contributed by atoms with van der Waals surface area (Å²) in [6.07, 6.45) is 1.07. The van der Waals surface area contributed by atoms with Gasteiger partial charge < -0.3 is 15.4 Å². The van der Waals surface area contributed by atoms with Crippen molar-refractivity contribution < 1.29 is 4.74 Å². The van der Waals surface area contributed by atoms with Crippen LogP contribution in [0.3, 0.4) is 0 Å². The number of methoxy groups -OCH3 is 1. The summed E-state index contributed by atoms with van der Waals surface area (Å²) in [5, 5.41) is 0. The van der Waals surface area contributed by atoms with Crippen molar-refractivity contribution in [2.75, 3.05) is 24.8 Å². The van der Waals surface area contributed by atoms with Gasteiger partial charge in [0.2, 0.25) is 0 Å². The molecule has 0 saturated carbocycles. The van der Waals surface area contributed by atoms with Crippen LogP contribution in [0.4, 0.5) is 11.4 Å². The van der Waals surface area contributed by atoms with Crippen molar-refractivity contribution in [3.63, 3.8) is 0 Å². The van der Waals surface area contributed by atoms with Gasteiger partial charge in [-0.15, -0.1) is 0 Å². The van der Waals surface area contributed by atoms with Gasteiger partial charge in [-0.1, -0.05) is 6.92 Å². The lowest BCUT2D eigenvalue weighted by molar-refractivity contribution is 0.414. The molecule has 2 N–H and O–H groups in total. The summed E-state index contributed by atoms with van der Waals surface area (Å²) >= 11 is 0. The molecule has 0 radical (unpaired) electrons. The van der Waals surface area contributed by atoms with E-state index in [1.165, 1.54) is 0 Å². The highest BCUT2D eigenvalue weighted by Crippen LogP contribution is 2.30. The predicted molar refractivity (Wildman–Crippen MR) is 70.2 cm³/mol. The van der Waals surface area contributed by atoms with Crippen LogP contribution in [-0.4, -0.2) is 19.7 Å². The number of hydrogen-bond acceptors (Lipinski definition) is 3. The van der Waals surface area contributed by atoms with Gasteiger partial charge >= 0.3 is 0 Å². The summed E-state index contributed by atoms with van der Waals surface area (Å²) in [4.78, 5) is 2.23. The van der Waals surface area contributed by atoms with Crippen LogP contribution in [-0.2, 0) is 0 Å². The quantitative estimate of drug-likeness (QED) is 0.796. The van der Waals surface area contributed by atoms with Gasteiger partial charge in [-0.05, 0) is 26.3 Å². The molecule has 0 spiro atoms. The molecule has 0 atom stereocenters. The summed E-state index contributed by atoms with van der Waals surface area (Å²) in [5.74, 6) is 0.800. The Hall–Kier alpha value is -1.38. The zero-order valence-corrected chi connectivity index (χ0v) is 10.9. The summed E-state index contributed by atoms with van der Waals surface area (Å²) < 4.78 is 5.23. The second-order valence-electron chi connectivity index (χ2n) is 4.69. The Kier molecular flexibility index (Phi) is 3.68. The Balaban J connectivity index is 3.08. The van der Waals surface area contributed by atoms with Crippen LogP contribution in [0.5, 0.6) is 5.75 Å². The summed E-state index contributed by atoms with van der Waals surface area (Å²) in [5.41, 5.74) is 7.78. The van der Waals surface area contributed by atoms with Crippen LogP contribution in [0.15, 0.2) is 18.2 Å². The van der Waals surface area contributed by atoms with Crippen LogP contribution < -0.4 is 15.4 Å². The SMILES string of the molecule is CCC(C)(C)N(C)c1cc(N)cc(OC)c1. The van der Waals surface area contributed by atoms with E-state index < -0.39 is 0 Å². The van der Waals surface area contributed by atoms with Gasteiger partial charge in [0.25, 0.3) is 0 Å². The average molecular weight is 222 g/mol. The summed E-state index contributed by atoms with van der Waals surface area (Å²) in [7, 11) is 3.74. The van der Waals surface area contributed by atoms with Crippen molar-refractivity contribution in [3.05, 3.63) is 18.2 Å². The number of nitrogen functional groups attached to an aromatic ring is 1. The van der Waals surface area contributed by atoms with Gasteiger partial charge in [-0.3, -0.25) is 0 Å². The molecule has 0 bridgehead atoms. The smallest absolute Gasteiger partial charge is 0.122 e. The fourth-order valence-corrected chi connectivity index (χ4v) is 1.50. The molecule has 0 unspecified atom stereocenters. The Bertz CT molecular complexity index is 361. The molecule has 16 heavy (non-hydrogen) atoms. The van der Waals surface area contributed by atoms with Crippen LogP contribution in [0.1, 0.15) is 27.2 Å². The zero-order chi connectivity index (χ0) is 12.3. The van der Waals surface area contributed by atoms with Gasteiger partial charge in [0.05, 0.1) is 7.11 Å². The van der Waals surface area contributed by atoms with Crippen molar-refractivity contribution in [1.29, 1.82) is 0 Å². The van der Waals surface area contributed by atoms with Crippen molar-refractivity contribution in [2.24, 2.45) is 0 Å². The van der Waals surface area contributed by atoms with Crippen LogP contribution in [0.2, 0.25) is 0 Å². The van der Waals surface area contributed by atoms with E-state index in [9.17, 15) is 0 Å². The third kappa shape index (κ3) is 2.60. The molecule has 0 heterocycles. The van der Waals surface area contributed by atoms with E-state index in [0.29, 0.717) is 0 Å². The highest BCUT2D eigenvalue weighted by atomic mass is 16.5. The molecule has 0 saturated heterocycles. The Morgan fingerprint density at radius 1 is 1.31 bits per heavy atom. The van der Waals surface area contributed by atoms with Gasteiger partial charge in [0, 0.05) is 36.1 Å². The van der Waals surface area contributed by atoms with Crippen molar-refractivity contribution in [1.82, 2.24) is 0 Å². The molecule has 90 valence electrons. The highest BCUT2D eigenvalue weighted by molar-refractivity contribution is 5.61. The number of benzene rings is 1. The van der Waals surface area contributed by atoms with Gasteiger partial charge in [0.1, 0.15) is 5.75 Å². The lowest BCUT2D eigenvalue weighted by Gasteiger charge is -2.37. The number of hydrogen-bond donors (Lipinski definition) is 1. The summed E-state index contributed by atoms with van der Waals surface area (Å²) in [6.45, 7) is 6.60. The predicted octanol–water partition coefficient (Wildman–Crippen LogP) is 2.90. The third-order valence-corrected chi connectivity index (χ3v) is 3.31. The van der Waals surface area contributed by atoms with Crippen molar-refractivity contribution in [2.45, 2.75) is 32.7 Å². The molecule has 0 aliphatic heterocycles. The molecule has 0 aliphatic carbocycles. The van der Waals surface area contributed by atoms with Crippen LogP contribution in [0.25, 0.3) is 0 Å². The number of anilines is 2. The van der Waals surface area contributed by atoms with E-state index in [0.717, 1.165) is 23.5 Å². The standard InChI is InChI=1S/C13H22N2O/c1-6-13(2,3)15(4)11-7-10(14)8-12(9-11)16-5/h7-9H,6,14H2,1-5H3. The van der Waals surface area contributed by atoms with Crippen LogP contribution >= 0.6 is 0 Å². The minimum Gasteiger partial charge on any atom is -0.497 e. The maximum Gasteiger partial charge on any atom is 0.122 e. The normalized spacial score (nSPS) is 11.3. The summed E-state index contributed by atoms with van der Waals surface area (Å²) in [6, 6.07) is 5.81. The molecular weight excluding hydrogens is 200 g/mol. The molecule has 3 heteroatoms. The monoisotopic (exact) mass is 222 g/mol. The fraction of sp³-hybridized carbons (Fsp3) is 0.538. The van der Waals surface area contributed by atoms with E-state index in [1.807, 2.05) is 18.2 Å². The fourth-order valence-electron chi connectivity index (χ4n) is 1.50. The second kappa shape index (κ2) is 4.64. The lowest BCUT2D eigenvalue weighted by atomic mass is 9.99. The molecule has 1 aromatic carbocycles. The number of nitrogens with zero attached hydrogens (tertiary/aromatic N) is 1. The van der Waals surface area contributed by atoms with Crippen LogP contribution in [0, 0.1) is 0 Å². The minimum atomic E-state index is 0.110. The first-order valence-electron chi connectivity index (χ1n) is 5.59. The highest BCUT2D eigenvalue weighted by Gasteiger charge is 2.21. The van der Waals surface area contributed by atoms with Crippen molar-refractivity contribution >= 4 is 11.4 Å². The Morgan fingerprint density at radius 3 is 2.44 bits per heavy atom. The van der Waals surface area contributed by atoms with Crippen molar-refractivity contribution in [3.8, 4) is 5.75 Å². The van der Waals surface area contributed by atoms with E-state index in [4.69, 9.17) is 10.5 Å². The molecule has 3 nitrogen and oxygen atoms in total. The maximum absolute atomic E-state index is 5.85. The maximum atomic E-state index is 5.85. The Labute approximate surface area is 98.2 Å². The van der Waals surface area contributed by atoms with E-state index >= 15 is 0 Å². The topological polar surface area (TPSA) is 38.5 Å². The molecule has 0 fully saturated rings. The van der Waals surface area contributed by atoms with Gasteiger partial charge in [0.15, 0.2) is 0 Å². The molecule has 0 aromatic heterocycles. The van der Waals surface area contributed by atoms with Gasteiger partial charge in [-0.25, -0.2) is 0 Å². The third-order valence-electron chi connectivity index (χ3n) is 3.31. The largest absolute Gasteiger partial charge is 0.497 e. The molecular formula is C13H22N2O. The molecule has 1 aromatic rings. The van der Waals surface area contributed by atoms with E-state index in [2.05, 4.69) is 32.7 Å². The van der Waals surface area contributed by atoms with Gasteiger partial charge in [-0.2, -0.15) is 0 Å². The molecule has 0 aliphatic rings. The lowest BCUT2D eigenvalue weighted by Crippen LogP contribution is -2.40. The minimum absolute atomic E-state index is 0.110. The number of rotatable bonds is 4. The first-order chi connectivity index (χ1) is 7.40. The van der Waals surface area contributed by atoms with E-state index in [-0.39, 0.29) is 5.54 Å². The zero-order valence-electron chi connectivity index (χ0n) is 10.9.